The lowest BCUT2D eigenvalue weighted by Gasteiger charge is -2.29. The fourth-order valence-electron chi connectivity index (χ4n) is 2.20. The van der Waals surface area contributed by atoms with E-state index >= 15 is 0 Å². The van der Waals surface area contributed by atoms with Gasteiger partial charge in [0.2, 0.25) is 0 Å². The molecule has 0 saturated carbocycles. The predicted molar refractivity (Wildman–Crippen MR) is 83.5 cm³/mol. The first-order chi connectivity index (χ1) is 8.79. The van der Waals surface area contributed by atoms with E-state index in [2.05, 4.69) is 62.9 Å². The van der Waals surface area contributed by atoms with Gasteiger partial charge >= 0.3 is 0 Å². The van der Waals surface area contributed by atoms with Gasteiger partial charge in [0.1, 0.15) is 0 Å². The summed E-state index contributed by atoms with van der Waals surface area (Å²) in [7, 11) is 2.15. The summed E-state index contributed by atoms with van der Waals surface area (Å²) in [6.45, 7) is 14.2. The SMILES string of the molecule is CC(C)CNCc1ccncc1N(C)CC(C)(C)C. The fourth-order valence-corrected chi connectivity index (χ4v) is 2.20. The quantitative estimate of drug-likeness (QED) is 0.853. The van der Waals surface area contributed by atoms with Gasteiger partial charge in [0.05, 0.1) is 11.9 Å². The Morgan fingerprint density at radius 2 is 2.00 bits per heavy atom. The lowest BCUT2D eigenvalue weighted by molar-refractivity contribution is 0.418. The molecule has 0 amide bonds. The third-order valence-corrected chi connectivity index (χ3v) is 2.88. The van der Waals surface area contributed by atoms with Crippen LogP contribution in [0.15, 0.2) is 18.5 Å². The van der Waals surface area contributed by atoms with Crippen LogP contribution in [-0.2, 0) is 6.54 Å². The van der Waals surface area contributed by atoms with Crippen LogP contribution in [0.2, 0.25) is 0 Å². The van der Waals surface area contributed by atoms with Crippen LogP contribution in [0.3, 0.4) is 0 Å². The number of pyridine rings is 1. The molecule has 0 aliphatic heterocycles. The minimum atomic E-state index is 0.285. The van der Waals surface area contributed by atoms with E-state index in [0.29, 0.717) is 5.92 Å². The summed E-state index contributed by atoms with van der Waals surface area (Å²) in [4.78, 5) is 6.58. The highest BCUT2D eigenvalue weighted by molar-refractivity contribution is 5.51. The van der Waals surface area contributed by atoms with E-state index in [4.69, 9.17) is 0 Å². The standard InChI is InChI=1S/C16H29N3/c1-13(2)9-18-10-14-7-8-17-11-15(14)19(6)12-16(3,4)5/h7-8,11,13,18H,9-10,12H2,1-6H3. The molecule has 19 heavy (non-hydrogen) atoms. The van der Waals surface area contributed by atoms with E-state index < -0.39 is 0 Å². The number of aromatic nitrogens is 1. The monoisotopic (exact) mass is 263 g/mol. The second kappa shape index (κ2) is 6.90. The Bertz CT molecular complexity index is 380. The van der Waals surface area contributed by atoms with Crippen molar-refractivity contribution in [2.45, 2.75) is 41.2 Å². The van der Waals surface area contributed by atoms with E-state index in [0.717, 1.165) is 19.6 Å². The molecular weight excluding hydrogens is 234 g/mol. The smallest absolute Gasteiger partial charge is 0.0595 e. The van der Waals surface area contributed by atoms with Crippen molar-refractivity contribution in [3.8, 4) is 0 Å². The van der Waals surface area contributed by atoms with Crippen molar-refractivity contribution >= 4 is 5.69 Å². The first kappa shape index (κ1) is 16.0. The average molecular weight is 263 g/mol. The zero-order valence-corrected chi connectivity index (χ0v) is 13.3. The maximum absolute atomic E-state index is 4.27. The Kier molecular flexibility index (Phi) is 5.80. The van der Waals surface area contributed by atoms with E-state index in [1.165, 1.54) is 11.3 Å². The summed E-state index contributed by atoms with van der Waals surface area (Å²) in [5, 5.41) is 3.50. The van der Waals surface area contributed by atoms with Gasteiger partial charge in [0, 0.05) is 26.3 Å². The molecule has 3 heteroatoms. The van der Waals surface area contributed by atoms with Crippen LogP contribution in [0.4, 0.5) is 5.69 Å². The van der Waals surface area contributed by atoms with Crippen molar-refractivity contribution in [3.05, 3.63) is 24.0 Å². The number of anilines is 1. The molecule has 1 N–H and O–H groups in total. The molecule has 0 aliphatic carbocycles. The number of hydrogen-bond acceptors (Lipinski definition) is 3. The Morgan fingerprint density at radius 3 is 2.58 bits per heavy atom. The summed E-state index contributed by atoms with van der Waals surface area (Å²) >= 11 is 0. The van der Waals surface area contributed by atoms with Gasteiger partial charge in [0.15, 0.2) is 0 Å². The molecule has 1 aromatic rings. The van der Waals surface area contributed by atoms with Crippen molar-refractivity contribution in [2.24, 2.45) is 11.3 Å². The van der Waals surface area contributed by atoms with Crippen LogP contribution >= 0.6 is 0 Å². The third kappa shape index (κ3) is 6.06. The van der Waals surface area contributed by atoms with Gasteiger partial charge in [-0.3, -0.25) is 4.98 Å². The molecule has 3 nitrogen and oxygen atoms in total. The Labute approximate surface area is 118 Å². The van der Waals surface area contributed by atoms with Gasteiger partial charge in [-0.25, -0.2) is 0 Å². The highest BCUT2D eigenvalue weighted by Gasteiger charge is 2.16. The van der Waals surface area contributed by atoms with Gasteiger partial charge in [-0.05, 0) is 29.5 Å². The van der Waals surface area contributed by atoms with Crippen molar-refractivity contribution < 1.29 is 0 Å². The van der Waals surface area contributed by atoms with Crippen LogP contribution in [-0.4, -0.2) is 25.1 Å². The molecule has 1 heterocycles. The van der Waals surface area contributed by atoms with Crippen LogP contribution in [0, 0.1) is 11.3 Å². The number of hydrogen-bond donors (Lipinski definition) is 1. The molecule has 0 saturated heterocycles. The highest BCUT2D eigenvalue weighted by atomic mass is 15.1. The zero-order chi connectivity index (χ0) is 14.5. The number of nitrogens with zero attached hydrogens (tertiary/aromatic N) is 2. The van der Waals surface area contributed by atoms with Crippen LogP contribution in [0.1, 0.15) is 40.2 Å². The zero-order valence-electron chi connectivity index (χ0n) is 13.3. The molecule has 0 aliphatic rings. The Hall–Kier alpha value is -1.09. The second-order valence-electron chi connectivity index (χ2n) is 6.95. The fraction of sp³-hybridized carbons (Fsp3) is 0.688. The summed E-state index contributed by atoms with van der Waals surface area (Å²) in [5.74, 6) is 0.678. The van der Waals surface area contributed by atoms with Gasteiger partial charge < -0.3 is 10.2 Å². The van der Waals surface area contributed by atoms with Crippen LogP contribution in [0.25, 0.3) is 0 Å². The molecule has 108 valence electrons. The molecule has 0 unspecified atom stereocenters. The topological polar surface area (TPSA) is 28.2 Å². The van der Waals surface area contributed by atoms with E-state index in [1.54, 1.807) is 0 Å². The maximum Gasteiger partial charge on any atom is 0.0595 e. The predicted octanol–water partition coefficient (Wildman–Crippen LogP) is 3.31. The minimum absolute atomic E-state index is 0.285. The first-order valence-corrected chi connectivity index (χ1v) is 7.14. The molecule has 0 radical (unpaired) electrons. The van der Waals surface area contributed by atoms with Gasteiger partial charge in [0.25, 0.3) is 0 Å². The van der Waals surface area contributed by atoms with Gasteiger partial charge in [-0.2, -0.15) is 0 Å². The highest BCUT2D eigenvalue weighted by Crippen LogP contribution is 2.22. The summed E-state index contributed by atoms with van der Waals surface area (Å²) in [5.41, 5.74) is 2.84. The first-order valence-electron chi connectivity index (χ1n) is 7.14. The van der Waals surface area contributed by atoms with Crippen LogP contribution in [0.5, 0.6) is 0 Å². The second-order valence-corrected chi connectivity index (χ2v) is 6.95. The van der Waals surface area contributed by atoms with E-state index in [-0.39, 0.29) is 5.41 Å². The molecule has 0 fully saturated rings. The summed E-state index contributed by atoms with van der Waals surface area (Å²) in [6, 6.07) is 2.11. The molecule has 0 atom stereocenters. The van der Waals surface area contributed by atoms with Crippen molar-refractivity contribution in [2.75, 3.05) is 25.0 Å². The largest absolute Gasteiger partial charge is 0.373 e. The van der Waals surface area contributed by atoms with Crippen molar-refractivity contribution in [1.29, 1.82) is 0 Å². The molecule has 0 aromatic carbocycles. The molecule has 1 aromatic heterocycles. The third-order valence-electron chi connectivity index (χ3n) is 2.88. The average Bonchev–Trinajstić information content (AvgIpc) is 2.26. The summed E-state index contributed by atoms with van der Waals surface area (Å²) < 4.78 is 0. The Balaban J connectivity index is 2.72. The maximum atomic E-state index is 4.27. The van der Waals surface area contributed by atoms with Gasteiger partial charge in [-0.15, -0.1) is 0 Å². The van der Waals surface area contributed by atoms with Gasteiger partial charge in [-0.1, -0.05) is 34.6 Å². The minimum Gasteiger partial charge on any atom is -0.373 e. The van der Waals surface area contributed by atoms with Crippen molar-refractivity contribution in [3.63, 3.8) is 0 Å². The Morgan fingerprint density at radius 1 is 1.32 bits per heavy atom. The number of rotatable bonds is 6. The normalized spacial score (nSPS) is 11.9. The molecule has 1 rings (SSSR count). The molecule has 0 bridgehead atoms. The molecule has 0 spiro atoms. The van der Waals surface area contributed by atoms with Crippen LogP contribution < -0.4 is 10.2 Å². The number of nitrogens with one attached hydrogen (secondary N) is 1. The lowest BCUT2D eigenvalue weighted by atomic mass is 9.96. The summed E-state index contributed by atoms with van der Waals surface area (Å²) in [6.07, 6.45) is 3.85. The van der Waals surface area contributed by atoms with E-state index in [1.807, 2.05) is 12.4 Å². The van der Waals surface area contributed by atoms with E-state index in [9.17, 15) is 0 Å². The molecular formula is C16H29N3. The lowest BCUT2D eigenvalue weighted by Crippen LogP contribution is -2.30. The van der Waals surface area contributed by atoms with Crippen molar-refractivity contribution in [1.82, 2.24) is 10.3 Å².